The van der Waals surface area contributed by atoms with Crippen molar-refractivity contribution in [2.45, 2.75) is 31.9 Å². The van der Waals surface area contributed by atoms with Gasteiger partial charge in [-0.25, -0.2) is 0 Å². The van der Waals surface area contributed by atoms with E-state index in [1.165, 1.54) is 0 Å². The van der Waals surface area contributed by atoms with Gasteiger partial charge in [-0.15, -0.1) is 6.58 Å². The SMILES string of the molecule is C=CCNC(N)=NCC1CCC(C(F)(F)F)CC1. The minimum Gasteiger partial charge on any atom is -0.370 e. The van der Waals surface area contributed by atoms with Gasteiger partial charge in [0.1, 0.15) is 0 Å². The van der Waals surface area contributed by atoms with Crippen LogP contribution in [0, 0.1) is 11.8 Å². The number of guanidine groups is 1. The Morgan fingerprint density at radius 2 is 1.94 bits per heavy atom. The number of alkyl halides is 3. The molecule has 0 aromatic rings. The van der Waals surface area contributed by atoms with Gasteiger partial charge < -0.3 is 11.1 Å². The highest BCUT2D eigenvalue weighted by Gasteiger charge is 2.41. The topological polar surface area (TPSA) is 50.4 Å². The van der Waals surface area contributed by atoms with Gasteiger partial charge in [-0.3, -0.25) is 4.99 Å². The first-order chi connectivity index (χ1) is 8.43. The average molecular weight is 263 g/mol. The van der Waals surface area contributed by atoms with Crippen LogP contribution in [0.1, 0.15) is 25.7 Å². The molecule has 0 bridgehead atoms. The summed E-state index contributed by atoms with van der Waals surface area (Å²) < 4.78 is 37.4. The van der Waals surface area contributed by atoms with Crippen LogP contribution in [-0.4, -0.2) is 25.2 Å². The Hall–Kier alpha value is -1.20. The number of nitrogens with one attached hydrogen (secondary N) is 1. The predicted octanol–water partition coefficient (Wildman–Crippen LogP) is 2.45. The molecular weight excluding hydrogens is 243 g/mol. The molecule has 0 atom stereocenters. The van der Waals surface area contributed by atoms with Crippen molar-refractivity contribution in [1.82, 2.24) is 5.32 Å². The van der Waals surface area contributed by atoms with E-state index in [4.69, 9.17) is 5.73 Å². The maximum absolute atomic E-state index is 12.5. The van der Waals surface area contributed by atoms with E-state index in [9.17, 15) is 13.2 Å². The van der Waals surface area contributed by atoms with E-state index in [0.717, 1.165) is 0 Å². The Labute approximate surface area is 105 Å². The van der Waals surface area contributed by atoms with Crippen molar-refractivity contribution in [3.63, 3.8) is 0 Å². The van der Waals surface area contributed by atoms with Gasteiger partial charge in [0, 0.05) is 13.1 Å². The second-order valence-corrected chi connectivity index (χ2v) is 4.65. The van der Waals surface area contributed by atoms with Gasteiger partial charge in [0.2, 0.25) is 0 Å². The molecule has 0 spiro atoms. The van der Waals surface area contributed by atoms with E-state index in [0.29, 0.717) is 31.9 Å². The second kappa shape index (κ2) is 6.66. The molecule has 6 heteroatoms. The summed E-state index contributed by atoms with van der Waals surface area (Å²) in [5, 5.41) is 2.83. The Bertz CT molecular complexity index is 291. The highest BCUT2D eigenvalue weighted by atomic mass is 19.4. The zero-order valence-electron chi connectivity index (χ0n) is 10.3. The summed E-state index contributed by atoms with van der Waals surface area (Å²) in [4.78, 5) is 4.13. The summed E-state index contributed by atoms with van der Waals surface area (Å²) in [5.74, 6) is -0.588. The Kier molecular flexibility index (Phi) is 5.50. The number of hydrogen-bond acceptors (Lipinski definition) is 1. The van der Waals surface area contributed by atoms with Gasteiger partial charge in [-0.2, -0.15) is 13.2 Å². The molecule has 1 fully saturated rings. The van der Waals surface area contributed by atoms with Crippen LogP contribution in [0.15, 0.2) is 17.6 Å². The van der Waals surface area contributed by atoms with Crippen LogP contribution in [0.5, 0.6) is 0 Å². The lowest BCUT2D eigenvalue weighted by Crippen LogP contribution is -2.33. The highest BCUT2D eigenvalue weighted by Crippen LogP contribution is 2.39. The van der Waals surface area contributed by atoms with E-state index in [-0.39, 0.29) is 18.8 Å². The number of nitrogens with two attached hydrogens (primary N) is 1. The Balaban J connectivity index is 2.29. The summed E-state index contributed by atoms with van der Waals surface area (Å²) in [7, 11) is 0. The van der Waals surface area contributed by atoms with Gasteiger partial charge in [-0.05, 0) is 31.6 Å². The zero-order chi connectivity index (χ0) is 13.6. The lowest BCUT2D eigenvalue weighted by Gasteiger charge is -2.29. The van der Waals surface area contributed by atoms with Gasteiger partial charge in [0.05, 0.1) is 5.92 Å². The lowest BCUT2D eigenvalue weighted by atomic mass is 9.82. The molecule has 0 unspecified atom stereocenters. The number of rotatable bonds is 4. The molecule has 0 aromatic carbocycles. The quantitative estimate of drug-likeness (QED) is 0.465. The van der Waals surface area contributed by atoms with Crippen molar-refractivity contribution in [2.75, 3.05) is 13.1 Å². The largest absolute Gasteiger partial charge is 0.391 e. The number of aliphatic imine (C=N–C) groups is 1. The molecule has 0 amide bonds. The van der Waals surface area contributed by atoms with Crippen LogP contribution in [0.2, 0.25) is 0 Å². The highest BCUT2D eigenvalue weighted by molar-refractivity contribution is 5.77. The van der Waals surface area contributed by atoms with Crippen LogP contribution in [0.4, 0.5) is 13.2 Å². The Morgan fingerprint density at radius 3 is 2.44 bits per heavy atom. The minimum atomic E-state index is -4.04. The minimum absolute atomic E-state index is 0.212. The molecule has 1 aliphatic rings. The smallest absolute Gasteiger partial charge is 0.370 e. The molecule has 0 radical (unpaired) electrons. The van der Waals surface area contributed by atoms with Crippen LogP contribution < -0.4 is 11.1 Å². The molecule has 1 saturated carbocycles. The van der Waals surface area contributed by atoms with Crippen molar-refractivity contribution >= 4 is 5.96 Å². The maximum atomic E-state index is 12.5. The van der Waals surface area contributed by atoms with Crippen molar-refractivity contribution in [2.24, 2.45) is 22.6 Å². The van der Waals surface area contributed by atoms with E-state index in [1.807, 2.05) is 0 Å². The lowest BCUT2D eigenvalue weighted by molar-refractivity contribution is -0.183. The molecule has 1 aliphatic carbocycles. The summed E-state index contributed by atoms with van der Waals surface area (Å²) >= 11 is 0. The van der Waals surface area contributed by atoms with Crippen LogP contribution >= 0.6 is 0 Å². The molecular formula is C12H20F3N3. The fraction of sp³-hybridized carbons (Fsp3) is 0.750. The van der Waals surface area contributed by atoms with Crippen molar-refractivity contribution in [3.8, 4) is 0 Å². The molecule has 18 heavy (non-hydrogen) atoms. The average Bonchev–Trinajstić information content (AvgIpc) is 2.33. The van der Waals surface area contributed by atoms with E-state index in [2.05, 4.69) is 16.9 Å². The third-order valence-electron chi connectivity index (χ3n) is 3.26. The van der Waals surface area contributed by atoms with Crippen LogP contribution in [-0.2, 0) is 0 Å². The summed E-state index contributed by atoms with van der Waals surface area (Å²) in [6.07, 6.45) is -0.812. The van der Waals surface area contributed by atoms with Crippen LogP contribution in [0.25, 0.3) is 0 Å². The van der Waals surface area contributed by atoms with E-state index in [1.54, 1.807) is 6.08 Å². The van der Waals surface area contributed by atoms with Crippen molar-refractivity contribution < 1.29 is 13.2 Å². The van der Waals surface area contributed by atoms with E-state index < -0.39 is 12.1 Å². The first-order valence-corrected chi connectivity index (χ1v) is 6.15. The van der Waals surface area contributed by atoms with Gasteiger partial charge >= 0.3 is 6.18 Å². The molecule has 0 saturated heterocycles. The number of halogens is 3. The zero-order valence-corrected chi connectivity index (χ0v) is 10.3. The van der Waals surface area contributed by atoms with Crippen LogP contribution in [0.3, 0.4) is 0 Å². The first kappa shape index (κ1) is 14.9. The second-order valence-electron chi connectivity index (χ2n) is 4.65. The summed E-state index contributed by atoms with van der Waals surface area (Å²) in [6, 6.07) is 0. The number of nitrogens with zero attached hydrogens (tertiary/aromatic N) is 1. The van der Waals surface area contributed by atoms with Crippen molar-refractivity contribution in [1.29, 1.82) is 0 Å². The third-order valence-corrected chi connectivity index (χ3v) is 3.26. The number of hydrogen-bond donors (Lipinski definition) is 2. The van der Waals surface area contributed by atoms with Gasteiger partial charge in [0.25, 0.3) is 0 Å². The molecule has 104 valence electrons. The molecule has 1 rings (SSSR count). The van der Waals surface area contributed by atoms with E-state index >= 15 is 0 Å². The Morgan fingerprint density at radius 1 is 1.33 bits per heavy atom. The fourth-order valence-electron chi connectivity index (χ4n) is 2.13. The molecule has 0 heterocycles. The van der Waals surface area contributed by atoms with Crippen molar-refractivity contribution in [3.05, 3.63) is 12.7 Å². The summed E-state index contributed by atoms with van der Waals surface area (Å²) in [5.41, 5.74) is 5.58. The molecule has 3 nitrogen and oxygen atoms in total. The first-order valence-electron chi connectivity index (χ1n) is 6.15. The summed E-state index contributed by atoms with van der Waals surface area (Å²) in [6.45, 7) is 4.57. The predicted molar refractivity (Wildman–Crippen MR) is 66.2 cm³/mol. The fourth-order valence-corrected chi connectivity index (χ4v) is 2.13. The molecule has 0 aromatic heterocycles. The maximum Gasteiger partial charge on any atom is 0.391 e. The van der Waals surface area contributed by atoms with Gasteiger partial charge in [0.15, 0.2) is 5.96 Å². The van der Waals surface area contributed by atoms with Gasteiger partial charge in [-0.1, -0.05) is 6.08 Å². The monoisotopic (exact) mass is 263 g/mol. The standard InChI is InChI=1S/C12H20F3N3/c1-2-7-17-11(16)18-8-9-3-5-10(6-4-9)12(13,14)15/h2,9-10H,1,3-8H2,(H3,16,17,18). The molecule has 0 aliphatic heterocycles. The third kappa shape index (κ3) is 4.98. The molecule has 3 N–H and O–H groups in total. The normalized spacial score (nSPS) is 25.8.